The highest BCUT2D eigenvalue weighted by Gasteiger charge is 2.31. The average Bonchev–Trinajstić information content (AvgIpc) is 3.40. The van der Waals surface area contributed by atoms with Crippen LogP contribution in [-0.2, 0) is 0 Å². The fourth-order valence-electron chi connectivity index (χ4n) is 15.8. The molecule has 0 unspecified atom stereocenters. The van der Waals surface area contributed by atoms with Crippen LogP contribution in [0, 0.1) is 71.0 Å². The molecule has 1 aliphatic carbocycles. The van der Waals surface area contributed by atoms with E-state index in [0.29, 0.717) is 0 Å². The van der Waals surface area contributed by atoms with Crippen LogP contribution in [0.4, 0.5) is 0 Å². The Balaban J connectivity index is 0.000000187. The minimum absolute atomic E-state index is 0.739. The molecule has 76 heavy (non-hydrogen) atoms. The summed E-state index contributed by atoms with van der Waals surface area (Å²) in [5, 5.41) is 0. The topological polar surface area (TPSA) is 22.7 Å². The van der Waals surface area contributed by atoms with E-state index in [0.717, 1.165) is 101 Å². The second-order valence-corrected chi connectivity index (χ2v) is 30.1. The molecular weight excluding hydrogens is 927 g/mol. The lowest BCUT2D eigenvalue weighted by atomic mass is 9.73. The smallest absolute Gasteiger partial charge is 0.00385 e. The summed E-state index contributed by atoms with van der Waals surface area (Å²) in [6, 6.07) is 3.72. The van der Waals surface area contributed by atoms with Crippen molar-refractivity contribution in [1.29, 1.82) is 0 Å². The molecule has 1 saturated carbocycles. The summed E-state index contributed by atoms with van der Waals surface area (Å²) in [6.45, 7) is 59.2. The maximum absolute atomic E-state index is 2.74. The largest absolute Gasteiger partial charge is 0.303 e. The summed E-state index contributed by atoms with van der Waals surface area (Å²) in [5.74, 6) is 11.7. The van der Waals surface area contributed by atoms with Crippen molar-refractivity contribution in [2.24, 2.45) is 71.0 Å². The minimum atomic E-state index is 0.739. The maximum Gasteiger partial charge on any atom is 0.00385 e. The van der Waals surface area contributed by atoms with Gasteiger partial charge in [0.15, 0.2) is 0 Å². The van der Waals surface area contributed by atoms with E-state index < -0.39 is 0 Å². The lowest BCUT2D eigenvalue weighted by Crippen LogP contribution is -2.43. The summed E-state index contributed by atoms with van der Waals surface area (Å²) >= 11 is 0. The molecule has 7 aliphatic heterocycles. The molecule has 0 spiro atoms. The number of likely N-dealkylation sites (tertiary alicyclic amines) is 7. The van der Waals surface area contributed by atoms with Crippen LogP contribution in [0.15, 0.2) is 0 Å². The van der Waals surface area contributed by atoms with Gasteiger partial charge in [0, 0.05) is 43.3 Å². The van der Waals surface area contributed by atoms with Crippen LogP contribution in [0.2, 0.25) is 0 Å². The van der Waals surface area contributed by atoms with E-state index in [2.05, 4.69) is 145 Å². The van der Waals surface area contributed by atoms with Crippen LogP contribution in [0.1, 0.15) is 239 Å². The number of piperidine rings is 7. The molecule has 0 atom stereocenters. The second-order valence-electron chi connectivity index (χ2n) is 30.1. The Morgan fingerprint density at radius 3 is 0.632 bits per heavy atom. The molecule has 0 aromatic rings. The highest BCUT2D eigenvalue weighted by Crippen LogP contribution is 2.38. The van der Waals surface area contributed by atoms with E-state index in [1.54, 1.807) is 0 Å². The van der Waals surface area contributed by atoms with Crippen molar-refractivity contribution in [1.82, 2.24) is 34.3 Å². The van der Waals surface area contributed by atoms with E-state index >= 15 is 0 Å². The first kappa shape index (κ1) is 66.5. The van der Waals surface area contributed by atoms with Crippen molar-refractivity contribution in [2.75, 3.05) is 105 Å². The normalized spacial score (nSPS) is 27.0. The SMILES string of the molecule is CC(C)C1CCC(CC2CCN(C(C)C)CC2)CC1.CC(C)C1CCN(CC2CCN(C(C)C)CC2)CC1.CC(C)C1CCN(CC2CCN(C(C)C)CC2)CC1.CC(C)N1CCC(CC2CCN(C(C)C)CC2)CC1. The zero-order valence-corrected chi connectivity index (χ0v) is 54.4. The molecule has 8 fully saturated rings. The first-order valence-electron chi connectivity index (χ1n) is 34.4. The standard InChI is InChI=1S/C18H35N.3C17H34N2/c1-14(2)18-7-5-16(6-8-18)13-17-9-11-19(12-10-17)15(3)4;2*1-14(2)17-7-9-18(10-8-17)13-16-5-11-19(12-6-16)15(3)4;1-14(2)18-9-5-16(6-10-18)13-17-7-11-19(12-8-17)15(3)4/h14-18H,5-13H2,1-4H3;3*14-17H,5-13H2,1-4H3. The van der Waals surface area contributed by atoms with Crippen molar-refractivity contribution in [3.8, 4) is 0 Å². The van der Waals surface area contributed by atoms with Gasteiger partial charge in [-0.3, -0.25) is 0 Å². The van der Waals surface area contributed by atoms with Gasteiger partial charge in [-0.05, 0) is 347 Å². The molecule has 448 valence electrons. The highest BCUT2D eigenvalue weighted by molar-refractivity contribution is 4.85. The quantitative estimate of drug-likeness (QED) is 0.152. The lowest BCUT2D eigenvalue weighted by molar-refractivity contribution is 0.0969. The van der Waals surface area contributed by atoms with Gasteiger partial charge >= 0.3 is 0 Å². The first-order chi connectivity index (χ1) is 36.2. The summed E-state index contributed by atoms with van der Waals surface area (Å²) in [6.07, 6.45) is 29.2. The molecule has 7 heteroatoms. The Morgan fingerprint density at radius 1 is 0.224 bits per heavy atom. The van der Waals surface area contributed by atoms with E-state index in [1.165, 1.54) is 233 Å². The third kappa shape index (κ3) is 23.9. The zero-order chi connectivity index (χ0) is 55.3. The van der Waals surface area contributed by atoms with Crippen LogP contribution >= 0.6 is 0 Å². The number of hydrogen-bond acceptors (Lipinski definition) is 7. The van der Waals surface area contributed by atoms with Crippen molar-refractivity contribution < 1.29 is 0 Å². The van der Waals surface area contributed by atoms with E-state index in [9.17, 15) is 0 Å². The molecule has 0 bridgehead atoms. The fourth-order valence-corrected chi connectivity index (χ4v) is 15.8. The van der Waals surface area contributed by atoms with Gasteiger partial charge in [-0.2, -0.15) is 0 Å². The van der Waals surface area contributed by atoms with Crippen molar-refractivity contribution in [3.63, 3.8) is 0 Å². The van der Waals surface area contributed by atoms with Crippen molar-refractivity contribution in [3.05, 3.63) is 0 Å². The van der Waals surface area contributed by atoms with Crippen LogP contribution < -0.4 is 0 Å². The summed E-state index contributed by atoms with van der Waals surface area (Å²) in [4.78, 5) is 18.7. The molecule has 0 radical (unpaired) electrons. The molecule has 0 aromatic carbocycles. The predicted octanol–water partition coefficient (Wildman–Crippen LogP) is 15.5. The maximum atomic E-state index is 2.74. The van der Waals surface area contributed by atoms with E-state index in [-0.39, 0.29) is 0 Å². The third-order valence-corrected chi connectivity index (χ3v) is 22.2. The zero-order valence-electron chi connectivity index (χ0n) is 54.4. The van der Waals surface area contributed by atoms with Gasteiger partial charge in [-0.25, -0.2) is 0 Å². The van der Waals surface area contributed by atoms with Crippen LogP contribution in [0.5, 0.6) is 0 Å². The van der Waals surface area contributed by atoms with Crippen LogP contribution in [0.3, 0.4) is 0 Å². The number of hydrogen-bond donors (Lipinski definition) is 0. The first-order valence-corrected chi connectivity index (χ1v) is 34.4. The van der Waals surface area contributed by atoms with Gasteiger partial charge in [0.1, 0.15) is 0 Å². The van der Waals surface area contributed by atoms with Gasteiger partial charge in [0.2, 0.25) is 0 Å². The monoisotopic (exact) mass is 1060 g/mol. The Kier molecular flexibility index (Phi) is 30.6. The second kappa shape index (κ2) is 35.0. The molecule has 0 amide bonds. The van der Waals surface area contributed by atoms with E-state index in [1.807, 2.05) is 0 Å². The minimum Gasteiger partial charge on any atom is -0.303 e. The van der Waals surface area contributed by atoms with Gasteiger partial charge in [-0.1, -0.05) is 54.4 Å². The molecule has 0 aromatic heterocycles. The number of nitrogens with zero attached hydrogens (tertiary/aromatic N) is 7. The average molecular weight is 1060 g/mol. The predicted molar refractivity (Wildman–Crippen MR) is 335 cm³/mol. The Labute approximate surface area is 477 Å². The molecule has 8 rings (SSSR count). The molecule has 0 N–H and O–H groups in total. The summed E-state index contributed by atoms with van der Waals surface area (Å²) in [5.41, 5.74) is 0. The van der Waals surface area contributed by atoms with Crippen molar-refractivity contribution >= 4 is 0 Å². The van der Waals surface area contributed by atoms with Gasteiger partial charge in [0.05, 0.1) is 0 Å². The Bertz CT molecular complexity index is 1090. The summed E-state index contributed by atoms with van der Waals surface area (Å²) < 4.78 is 0. The summed E-state index contributed by atoms with van der Waals surface area (Å²) in [7, 11) is 0. The van der Waals surface area contributed by atoms with Crippen molar-refractivity contribution in [2.45, 2.75) is 269 Å². The Hall–Kier alpha value is -0.280. The fraction of sp³-hybridized carbons (Fsp3) is 1.00. The molecule has 8 aliphatic rings. The van der Waals surface area contributed by atoms with E-state index in [4.69, 9.17) is 0 Å². The van der Waals surface area contributed by atoms with Gasteiger partial charge in [0.25, 0.3) is 0 Å². The third-order valence-electron chi connectivity index (χ3n) is 22.2. The highest BCUT2D eigenvalue weighted by atomic mass is 15.2. The molecular formula is C69H137N7. The molecule has 7 saturated heterocycles. The van der Waals surface area contributed by atoms with Crippen LogP contribution in [0.25, 0.3) is 0 Å². The van der Waals surface area contributed by atoms with Gasteiger partial charge < -0.3 is 34.3 Å². The van der Waals surface area contributed by atoms with Gasteiger partial charge in [-0.15, -0.1) is 0 Å². The lowest BCUT2D eigenvalue weighted by Gasteiger charge is -2.39. The Morgan fingerprint density at radius 2 is 0.421 bits per heavy atom. The molecule has 7 heterocycles. The molecule has 7 nitrogen and oxygen atoms in total. The number of rotatable bonds is 16. The van der Waals surface area contributed by atoms with Crippen LogP contribution in [-0.4, -0.2) is 169 Å².